The molecule has 19 heavy (non-hydrogen) atoms. The minimum Gasteiger partial charge on any atom is -0.488 e. The molecule has 0 radical (unpaired) electrons. The summed E-state index contributed by atoms with van der Waals surface area (Å²) in [4.78, 5) is 0.210. The zero-order chi connectivity index (χ0) is 13.4. The first-order valence-corrected chi connectivity index (χ1v) is 7.40. The molecule has 0 amide bonds. The van der Waals surface area contributed by atoms with Crippen molar-refractivity contribution in [1.29, 1.82) is 0 Å². The summed E-state index contributed by atoms with van der Waals surface area (Å²) < 4.78 is 7.70. The van der Waals surface area contributed by atoms with Gasteiger partial charge in [-0.3, -0.25) is 0 Å². The molecule has 0 saturated heterocycles. The van der Waals surface area contributed by atoms with Crippen molar-refractivity contribution in [2.75, 3.05) is 0 Å². The Kier molecular flexibility index (Phi) is 3.50. The SMILES string of the molecule is CC(Br)c1cn(CC2Cc3cc(Cl)ccc3O2)nn1. The van der Waals surface area contributed by atoms with Crippen LogP contribution in [0.5, 0.6) is 5.75 Å². The van der Waals surface area contributed by atoms with Gasteiger partial charge in [0.1, 0.15) is 11.9 Å². The molecule has 1 aliphatic heterocycles. The van der Waals surface area contributed by atoms with Crippen molar-refractivity contribution in [2.45, 2.75) is 30.8 Å². The summed E-state index contributed by atoms with van der Waals surface area (Å²) in [6.07, 6.45) is 2.89. The summed E-state index contributed by atoms with van der Waals surface area (Å²) in [5.74, 6) is 0.920. The van der Waals surface area contributed by atoms with Gasteiger partial charge in [-0.05, 0) is 30.7 Å². The third-order valence-electron chi connectivity index (χ3n) is 3.12. The van der Waals surface area contributed by atoms with Crippen LogP contribution in [-0.2, 0) is 13.0 Å². The van der Waals surface area contributed by atoms with Crippen LogP contribution in [0.4, 0.5) is 0 Å². The van der Waals surface area contributed by atoms with Gasteiger partial charge in [-0.25, -0.2) is 4.68 Å². The Morgan fingerprint density at radius 2 is 2.42 bits per heavy atom. The maximum absolute atomic E-state index is 5.98. The number of aromatic nitrogens is 3. The summed E-state index contributed by atoms with van der Waals surface area (Å²) in [6, 6.07) is 5.73. The van der Waals surface area contributed by atoms with Crippen molar-refractivity contribution < 1.29 is 4.74 Å². The standard InChI is InChI=1S/C13H13BrClN3O/c1-8(14)12-7-18(17-16-12)6-11-5-9-4-10(15)2-3-13(9)19-11/h2-4,7-8,11H,5-6H2,1H3. The Hall–Kier alpha value is -1.07. The second-order valence-corrected chi connectivity index (χ2v) is 6.49. The molecule has 2 unspecified atom stereocenters. The highest BCUT2D eigenvalue weighted by molar-refractivity contribution is 9.09. The van der Waals surface area contributed by atoms with Gasteiger partial charge in [-0.1, -0.05) is 32.7 Å². The van der Waals surface area contributed by atoms with Crippen molar-refractivity contribution >= 4 is 27.5 Å². The minimum absolute atomic E-state index is 0.0913. The van der Waals surface area contributed by atoms with E-state index in [0.717, 1.165) is 28.5 Å². The van der Waals surface area contributed by atoms with E-state index >= 15 is 0 Å². The molecule has 0 fully saturated rings. The van der Waals surface area contributed by atoms with Crippen LogP contribution >= 0.6 is 27.5 Å². The van der Waals surface area contributed by atoms with E-state index in [1.807, 2.05) is 36.0 Å². The Bertz CT molecular complexity index is 599. The van der Waals surface area contributed by atoms with Gasteiger partial charge < -0.3 is 4.74 Å². The van der Waals surface area contributed by atoms with E-state index in [0.29, 0.717) is 6.54 Å². The van der Waals surface area contributed by atoms with Gasteiger partial charge in [0.15, 0.2) is 0 Å². The average Bonchev–Trinajstić information content (AvgIpc) is 2.95. The second-order valence-electron chi connectivity index (χ2n) is 4.68. The van der Waals surface area contributed by atoms with Crippen LogP contribution in [0.1, 0.15) is 23.0 Å². The van der Waals surface area contributed by atoms with E-state index in [1.165, 1.54) is 0 Å². The van der Waals surface area contributed by atoms with Crippen LogP contribution < -0.4 is 4.74 Å². The van der Waals surface area contributed by atoms with E-state index in [2.05, 4.69) is 26.2 Å². The number of halogens is 2. The monoisotopic (exact) mass is 341 g/mol. The van der Waals surface area contributed by atoms with Gasteiger partial charge in [0.25, 0.3) is 0 Å². The third-order valence-corrected chi connectivity index (χ3v) is 3.82. The van der Waals surface area contributed by atoms with Gasteiger partial charge in [0, 0.05) is 17.6 Å². The predicted octanol–water partition coefficient (Wildman–Crippen LogP) is 3.39. The summed E-state index contributed by atoms with van der Waals surface area (Å²) in [6.45, 7) is 2.72. The van der Waals surface area contributed by atoms with Gasteiger partial charge >= 0.3 is 0 Å². The first-order chi connectivity index (χ1) is 9.11. The van der Waals surface area contributed by atoms with Crippen LogP contribution in [0.15, 0.2) is 24.4 Å². The van der Waals surface area contributed by atoms with E-state index in [9.17, 15) is 0 Å². The molecule has 0 spiro atoms. The van der Waals surface area contributed by atoms with Crippen LogP contribution in [0.3, 0.4) is 0 Å². The average molecular weight is 343 g/mol. The summed E-state index contributed by atoms with van der Waals surface area (Å²) >= 11 is 9.46. The van der Waals surface area contributed by atoms with E-state index in [-0.39, 0.29) is 10.9 Å². The minimum atomic E-state index is 0.0913. The molecule has 0 N–H and O–H groups in total. The molecule has 2 atom stereocenters. The molecule has 0 bridgehead atoms. The third kappa shape index (κ3) is 2.77. The first kappa shape index (κ1) is 12.9. The normalized spacial score (nSPS) is 19.0. The fourth-order valence-corrected chi connectivity index (χ4v) is 2.59. The molecular formula is C13H13BrClN3O. The fraction of sp³-hybridized carbons (Fsp3) is 0.385. The highest BCUT2D eigenvalue weighted by Gasteiger charge is 2.24. The zero-order valence-electron chi connectivity index (χ0n) is 10.4. The molecular weight excluding hydrogens is 330 g/mol. The van der Waals surface area contributed by atoms with Crippen LogP contribution in [-0.4, -0.2) is 21.1 Å². The molecule has 1 aliphatic rings. The quantitative estimate of drug-likeness (QED) is 0.803. The molecule has 1 aromatic heterocycles. The summed E-state index contributed by atoms with van der Waals surface area (Å²) in [5, 5.41) is 8.97. The topological polar surface area (TPSA) is 39.9 Å². The van der Waals surface area contributed by atoms with Gasteiger partial charge in [-0.2, -0.15) is 0 Å². The summed E-state index contributed by atoms with van der Waals surface area (Å²) in [7, 11) is 0. The number of rotatable bonds is 3. The molecule has 2 aromatic rings. The van der Waals surface area contributed by atoms with Crippen molar-refractivity contribution in [3.8, 4) is 5.75 Å². The van der Waals surface area contributed by atoms with E-state index < -0.39 is 0 Å². The van der Waals surface area contributed by atoms with Crippen molar-refractivity contribution in [1.82, 2.24) is 15.0 Å². The molecule has 0 aliphatic carbocycles. The number of fused-ring (bicyclic) bond motifs is 1. The van der Waals surface area contributed by atoms with Crippen molar-refractivity contribution in [3.63, 3.8) is 0 Å². The lowest BCUT2D eigenvalue weighted by molar-refractivity contribution is 0.202. The first-order valence-electron chi connectivity index (χ1n) is 6.11. The molecule has 0 saturated carbocycles. The number of hydrogen-bond donors (Lipinski definition) is 0. The number of benzene rings is 1. The van der Waals surface area contributed by atoms with Gasteiger partial charge in [0.05, 0.1) is 17.1 Å². The van der Waals surface area contributed by atoms with Gasteiger partial charge in [0.2, 0.25) is 0 Å². The molecule has 3 rings (SSSR count). The maximum Gasteiger partial charge on any atom is 0.123 e. The Balaban J connectivity index is 1.69. The summed E-state index contributed by atoms with van der Waals surface area (Å²) in [5.41, 5.74) is 2.09. The largest absolute Gasteiger partial charge is 0.488 e. The van der Waals surface area contributed by atoms with E-state index in [1.54, 1.807) is 0 Å². The number of nitrogens with zero attached hydrogens (tertiary/aromatic N) is 3. The second kappa shape index (κ2) is 5.13. The van der Waals surface area contributed by atoms with Crippen molar-refractivity contribution in [3.05, 3.63) is 40.7 Å². The highest BCUT2D eigenvalue weighted by atomic mass is 79.9. The molecule has 100 valence electrons. The van der Waals surface area contributed by atoms with Crippen LogP contribution in [0.2, 0.25) is 5.02 Å². The van der Waals surface area contributed by atoms with Crippen molar-refractivity contribution in [2.24, 2.45) is 0 Å². The maximum atomic E-state index is 5.98. The number of ether oxygens (including phenoxy) is 1. The zero-order valence-corrected chi connectivity index (χ0v) is 12.7. The smallest absolute Gasteiger partial charge is 0.123 e. The molecule has 4 nitrogen and oxygen atoms in total. The predicted molar refractivity (Wildman–Crippen MR) is 76.9 cm³/mol. The number of hydrogen-bond acceptors (Lipinski definition) is 3. The Morgan fingerprint density at radius 1 is 1.58 bits per heavy atom. The molecule has 2 heterocycles. The number of alkyl halides is 1. The highest BCUT2D eigenvalue weighted by Crippen LogP contribution is 2.31. The van der Waals surface area contributed by atoms with E-state index in [4.69, 9.17) is 16.3 Å². The Labute approximate surface area is 124 Å². The van der Waals surface area contributed by atoms with Crippen LogP contribution in [0, 0.1) is 0 Å². The fourth-order valence-electron chi connectivity index (χ4n) is 2.18. The molecule has 1 aromatic carbocycles. The van der Waals surface area contributed by atoms with Gasteiger partial charge in [-0.15, -0.1) is 5.10 Å². The van der Waals surface area contributed by atoms with Crippen LogP contribution in [0.25, 0.3) is 0 Å². The Morgan fingerprint density at radius 3 is 3.16 bits per heavy atom. The lowest BCUT2D eigenvalue weighted by Gasteiger charge is -2.09. The lowest BCUT2D eigenvalue weighted by Crippen LogP contribution is -2.21. The lowest BCUT2D eigenvalue weighted by atomic mass is 10.1. The molecule has 6 heteroatoms.